The summed E-state index contributed by atoms with van der Waals surface area (Å²) in [5, 5.41) is 8.30. The zero-order valence-corrected chi connectivity index (χ0v) is 38.2. The van der Waals surface area contributed by atoms with Crippen LogP contribution in [0, 0.1) is 27.7 Å². The number of hydrogen-bond donors (Lipinski definition) is 1. The molecule has 6 heterocycles. The van der Waals surface area contributed by atoms with Crippen molar-refractivity contribution in [3.8, 4) is 33.4 Å². The van der Waals surface area contributed by atoms with E-state index < -0.39 is 30.0 Å². The van der Waals surface area contributed by atoms with Crippen LogP contribution in [0.4, 0.5) is 4.79 Å². The van der Waals surface area contributed by atoms with Crippen molar-refractivity contribution in [1.29, 1.82) is 0 Å². The molecule has 0 unspecified atom stereocenters. The van der Waals surface area contributed by atoms with E-state index in [0.29, 0.717) is 28.6 Å². The Morgan fingerprint density at radius 3 is 1.94 bits per heavy atom. The van der Waals surface area contributed by atoms with Gasteiger partial charge in [0.05, 0.1) is 50.4 Å². The van der Waals surface area contributed by atoms with Crippen molar-refractivity contribution in [2.24, 2.45) is 0 Å². The first-order valence-corrected chi connectivity index (χ1v) is 22.4. The molecule has 1 N–H and O–H groups in total. The van der Waals surface area contributed by atoms with Crippen molar-refractivity contribution >= 4 is 40.7 Å². The van der Waals surface area contributed by atoms with Gasteiger partial charge in [0, 0.05) is 51.7 Å². The lowest BCUT2D eigenvalue weighted by Crippen LogP contribution is -2.41. The van der Waals surface area contributed by atoms with Crippen LogP contribution in [-0.4, -0.2) is 64.8 Å². The number of pyridine rings is 1. The third-order valence-corrected chi connectivity index (χ3v) is 13.1. The molecule has 2 aromatic carbocycles. The highest BCUT2D eigenvalue weighted by atomic mass is 16.7. The lowest BCUT2D eigenvalue weighted by Gasteiger charge is -2.32. The number of rotatable bonds is 7. The Morgan fingerprint density at radius 1 is 0.778 bits per heavy atom. The Morgan fingerprint density at radius 2 is 1.38 bits per heavy atom. The summed E-state index contributed by atoms with van der Waals surface area (Å²) < 4.78 is 31.2. The molecule has 13 nitrogen and oxygen atoms in total. The van der Waals surface area contributed by atoms with Crippen LogP contribution in [0.1, 0.15) is 145 Å². The maximum Gasteiger partial charge on any atom is 0.497 e. The standard InChI is InChI=1S/C26H34BN3O5.C23H22N4O/c1-14-20(15(2)33-29-14)17-12-18(27-34-25(6,7)26(8,9)35-27)21-19(13-17)30(22(28-21)16-10-11-16)23(31)32-24(3,4)5;1-12-20(13(2)28-27-12)16-10-18(17-4-3-9-24-21(17)14-5-6-14)22-19(11-16)25-23(26-22)15-7-8-15/h12-13,16H,10-11H2,1-9H3;3-4,9-11,14-15H,5-8H2,1-2H3,(H,25,26). The average Bonchev–Trinajstić information content (AvgIpc) is 4.17. The number of nitrogens with zero attached hydrogens (tertiary/aromatic N) is 6. The van der Waals surface area contributed by atoms with Crippen molar-refractivity contribution in [3.63, 3.8) is 0 Å². The Bertz CT molecular complexity index is 2880. The smallest absolute Gasteiger partial charge is 0.443 e. The van der Waals surface area contributed by atoms with E-state index in [1.165, 1.54) is 36.9 Å². The zero-order valence-electron chi connectivity index (χ0n) is 38.2. The number of imidazole rings is 2. The molecule has 0 atom stereocenters. The fraction of sp³-hybridized carbons (Fsp3) is 0.469. The Hall–Kier alpha value is -5.60. The molecule has 0 bridgehead atoms. The van der Waals surface area contributed by atoms with Crippen molar-refractivity contribution < 1.29 is 27.9 Å². The molecule has 3 saturated carbocycles. The summed E-state index contributed by atoms with van der Waals surface area (Å²) in [6, 6.07) is 12.7. The summed E-state index contributed by atoms with van der Waals surface area (Å²) in [6.45, 7) is 21.5. The lowest BCUT2D eigenvalue weighted by molar-refractivity contribution is 0.00578. The van der Waals surface area contributed by atoms with Gasteiger partial charge in [-0.05, 0) is 150 Å². The first kappa shape index (κ1) is 41.4. The van der Waals surface area contributed by atoms with E-state index in [2.05, 4.69) is 33.5 Å². The fourth-order valence-electron chi connectivity index (χ4n) is 8.78. The van der Waals surface area contributed by atoms with E-state index in [0.717, 1.165) is 86.0 Å². The van der Waals surface area contributed by atoms with Gasteiger partial charge in [-0.3, -0.25) is 4.98 Å². The number of nitrogens with one attached hydrogen (secondary N) is 1. The molecule has 7 aromatic rings. The molecular formula is C49H56BN7O6. The third-order valence-electron chi connectivity index (χ3n) is 13.1. The van der Waals surface area contributed by atoms with Crippen molar-refractivity contribution in [2.45, 2.75) is 149 Å². The highest BCUT2D eigenvalue weighted by Crippen LogP contribution is 2.47. The van der Waals surface area contributed by atoms with Gasteiger partial charge in [-0.1, -0.05) is 22.4 Å². The summed E-state index contributed by atoms with van der Waals surface area (Å²) in [7, 11) is -0.642. The largest absolute Gasteiger partial charge is 0.497 e. The maximum atomic E-state index is 13.5. The first-order valence-electron chi connectivity index (χ1n) is 22.4. The van der Waals surface area contributed by atoms with Gasteiger partial charge in [-0.15, -0.1) is 0 Å². The van der Waals surface area contributed by atoms with Gasteiger partial charge in [0.15, 0.2) is 0 Å². The Labute approximate surface area is 367 Å². The van der Waals surface area contributed by atoms with E-state index in [-0.39, 0.29) is 5.92 Å². The summed E-state index contributed by atoms with van der Waals surface area (Å²) in [5.74, 6) is 4.77. The van der Waals surface area contributed by atoms with Gasteiger partial charge in [0.25, 0.3) is 0 Å². The van der Waals surface area contributed by atoms with Gasteiger partial charge < -0.3 is 28.1 Å². The summed E-state index contributed by atoms with van der Waals surface area (Å²) in [4.78, 5) is 31.8. The molecule has 5 aromatic heterocycles. The maximum absolute atomic E-state index is 13.5. The number of aromatic nitrogens is 7. The number of fused-ring (bicyclic) bond motifs is 2. The molecule has 11 rings (SSSR count). The van der Waals surface area contributed by atoms with Gasteiger partial charge in [-0.2, -0.15) is 0 Å². The highest BCUT2D eigenvalue weighted by Gasteiger charge is 2.53. The monoisotopic (exact) mass is 849 g/mol. The minimum absolute atomic E-state index is 0.226. The average molecular weight is 850 g/mol. The SMILES string of the molecule is Cc1noc(C)c1-c1cc(-c2cccnc2C2CC2)c2nc(C3CC3)[nH]c2c1.Cc1noc(C)c1-c1cc(B2OC(C)(C)C(C)(C)O2)c2nc(C3CC3)n(C(=O)OC(C)(C)C)c2c1. The number of hydrogen-bond acceptors (Lipinski definition) is 11. The van der Waals surface area contributed by atoms with Gasteiger partial charge in [-0.25, -0.2) is 19.3 Å². The summed E-state index contributed by atoms with van der Waals surface area (Å²) in [5.41, 5.74) is 11.8. The third kappa shape index (κ3) is 7.58. The molecule has 326 valence electrons. The summed E-state index contributed by atoms with van der Waals surface area (Å²) >= 11 is 0. The number of carbonyl (C=O) groups is 1. The number of ether oxygens (including phenoxy) is 1. The van der Waals surface area contributed by atoms with Crippen molar-refractivity contribution in [2.75, 3.05) is 0 Å². The predicted octanol–water partition coefficient (Wildman–Crippen LogP) is 10.9. The molecule has 3 aliphatic carbocycles. The van der Waals surface area contributed by atoms with Gasteiger partial charge in [0.2, 0.25) is 0 Å². The molecule has 4 aliphatic rings. The molecule has 0 radical (unpaired) electrons. The van der Waals surface area contributed by atoms with E-state index in [1.54, 1.807) is 4.57 Å². The Kier molecular flexibility index (Phi) is 9.69. The van der Waals surface area contributed by atoms with Crippen LogP contribution in [0.2, 0.25) is 0 Å². The number of H-pyrrole nitrogens is 1. The molecule has 4 fully saturated rings. The second-order valence-corrected chi connectivity index (χ2v) is 20.0. The van der Waals surface area contributed by atoms with E-state index in [1.807, 2.05) is 101 Å². The molecule has 1 saturated heterocycles. The zero-order chi connectivity index (χ0) is 44.3. The van der Waals surface area contributed by atoms with E-state index in [4.69, 9.17) is 38.0 Å². The predicted molar refractivity (Wildman–Crippen MR) is 242 cm³/mol. The number of aryl methyl sites for hydroxylation is 4. The molecule has 63 heavy (non-hydrogen) atoms. The van der Waals surface area contributed by atoms with Crippen molar-refractivity contribution in [3.05, 3.63) is 82.8 Å². The van der Waals surface area contributed by atoms with Crippen LogP contribution >= 0.6 is 0 Å². The van der Waals surface area contributed by atoms with Gasteiger partial charge in [0.1, 0.15) is 28.8 Å². The second kappa shape index (κ2) is 14.7. The molecular weight excluding hydrogens is 793 g/mol. The van der Waals surface area contributed by atoms with Gasteiger partial charge >= 0.3 is 13.2 Å². The highest BCUT2D eigenvalue weighted by molar-refractivity contribution is 6.65. The minimum Gasteiger partial charge on any atom is -0.443 e. The normalized spacial score (nSPS) is 18.3. The van der Waals surface area contributed by atoms with E-state index in [9.17, 15) is 4.79 Å². The summed E-state index contributed by atoms with van der Waals surface area (Å²) in [6.07, 6.45) is 8.38. The Balaban J connectivity index is 0.000000153. The number of aromatic amines is 1. The second-order valence-electron chi connectivity index (χ2n) is 20.0. The number of carbonyl (C=O) groups excluding carboxylic acids is 1. The minimum atomic E-state index is -0.642. The molecule has 14 heteroatoms. The van der Waals surface area contributed by atoms with Crippen LogP contribution in [0.3, 0.4) is 0 Å². The molecule has 0 amide bonds. The number of benzene rings is 2. The van der Waals surface area contributed by atoms with Crippen LogP contribution in [0.15, 0.2) is 51.6 Å². The van der Waals surface area contributed by atoms with Crippen LogP contribution in [-0.2, 0) is 14.0 Å². The van der Waals surface area contributed by atoms with Crippen molar-refractivity contribution in [1.82, 2.24) is 34.8 Å². The molecule has 1 aliphatic heterocycles. The van der Waals surface area contributed by atoms with E-state index >= 15 is 0 Å². The van der Waals surface area contributed by atoms with Crippen LogP contribution in [0.25, 0.3) is 55.4 Å². The van der Waals surface area contributed by atoms with Crippen LogP contribution in [0.5, 0.6) is 0 Å². The first-order chi connectivity index (χ1) is 29.9. The molecule has 0 spiro atoms. The fourth-order valence-corrected chi connectivity index (χ4v) is 8.78. The quantitative estimate of drug-likeness (QED) is 0.152. The lowest BCUT2D eigenvalue weighted by atomic mass is 9.76. The topological polar surface area (TPSA) is 156 Å². The van der Waals surface area contributed by atoms with Crippen LogP contribution < -0.4 is 5.46 Å².